The van der Waals surface area contributed by atoms with Gasteiger partial charge in [-0.1, -0.05) is 19.3 Å². The van der Waals surface area contributed by atoms with Crippen LogP contribution in [-0.2, 0) is 4.79 Å². The number of nitrogens with zero attached hydrogens (tertiary/aromatic N) is 2. The van der Waals surface area contributed by atoms with Crippen LogP contribution in [0, 0.1) is 23.0 Å². The molecular weight excluding hydrogens is 284 g/mol. The molecule has 2 rings (SSSR count). The number of rotatable bonds is 6. The fraction of sp³-hybridized carbons (Fsp3) is 0.600. The number of aryl methyl sites for hydroxylation is 1. The predicted octanol–water partition coefficient (Wildman–Crippen LogP) is 2.53. The number of hydrogen-bond acceptors (Lipinski definition) is 5. The number of amides is 1. The van der Waals surface area contributed by atoms with Crippen LogP contribution < -0.4 is 11.1 Å². The molecule has 1 aliphatic rings. The van der Waals surface area contributed by atoms with E-state index in [1.807, 2.05) is 0 Å². The summed E-state index contributed by atoms with van der Waals surface area (Å²) in [5.74, 6) is 0.597. The van der Waals surface area contributed by atoms with Gasteiger partial charge in [0, 0.05) is 18.5 Å². The first kappa shape index (κ1) is 16.2. The van der Waals surface area contributed by atoms with Gasteiger partial charge in [0.15, 0.2) is 0 Å². The average molecular weight is 306 g/mol. The van der Waals surface area contributed by atoms with E-state index in [-0.39, 0.29) is 24.1 Å². The van der Waals surface area contributed by atoms with Crippen molar-refractivity contribution in [3.8, 4) is 0 Å². The summed E-state index contributed by atoms with van der Waals surface area (Å²) >= 11 is 0. The van der Waals surface area contributed by atoms with Crippen molar-refractivity contribution in [2.75, 3.05) is 5.32 Å². The summed E-state index contributed by atoms with van der Waals surface area (Å²) in [7, 11) is 0. The summed E-state index contributed by atoms with van der Waals surface area (Å²) in [5, 5.41) is 14.1. The predicted molar refractivity (Wildman–Crippen MR) is 83.4 cm³/mol. The first-order chi connectivity index (χ1) is 10.5. The third-order valence-corrected chi connectivity index (χ3v) is 4.23. The maximum Gasteiger partial charge on any atom is 0.290 e. The Kier molecular flexibility index (Phi) is 5.30. The van der Waals surface area contributed by atoms with Gasteiger partial charge in [-0.3, -0.25) is 14.9 Å². The second-order valence-corrected chi connectivity index (χ2v) is 5.88. The molecule has 0 aliphatic heterocycles. The van der Waals surface area contributed by atoms with E-state index in [0.717, 1.165) is 25.7 Å². The third kappa shape index (κ3) is 4.16. The standard InChI is InChI=1S/C15H22N4O3/c1-10-13(19(21)22)7-8-15(17-10)18-12(9-14(16)20)11-5-3-2-4-6-11/h7-8,11-12H,2-6,9H2,1H3,(H2,16,20)(H,17,18). The lowest BCUT2D eigenvalue weighted by atomic mass is 9.82. The number of nitrogens with two attached hydrogens (primary N) is 1. The highest BCUT2D eigenvalue weighted by Crippen LogP contribution is 2.29. The maximum absolute atomic E-state index is 11.3. The fourth-order valence-electron chi connectivity index (χ4n) is 3.11. The monoisotopic (exact) mass is 306 g/mol. The molecule has 3 N–H and O–H groups in total. The number of aromatic nitrogens is 1. The Balaban J connectivity index is 2.13. The first-order valence-electron chi connectivity index (χ1n) is 7.64. The van der Waals surface area contributed by atoms with Crippen molar-refractivity contribution >= 4 is 17.4 Å². The van der Waals surface area contributed by atoms with Crippen LogP contribution in [-0.4, -0.2) is 21.9 Å². The molecule has 0 spiro atoms. The van der Waals surface area contributed by atoms with Crippen LogP contribution in [0.5, 0.6) is 0 Å². The van der Waals surface area contributed by atoms with E-state index in [2.05, 4.69) is 10.3 Å². The highest BCUT2D eigenvalue weighted by molar-refractivity contribution is 5.75. The number of nitro groups is 1. The number of primary amides is 1. The molecule has 7 heteroatoms. The van der Waals surface area contributed by atoms with E-state index in [9.17, 15) is 14.9 Å². The number of nitrogens with one attached hydrogen (secondary N) is 1. The Labute approximate surface area is 129 Å². The van der Waals surface area contributed by atoms with E-state index < -0.39 is 4.92 Å². The van der Waals surface area contributed by atoms with E-state index in [0.29, 0.717) is 17.4 Å². The van der Waals surface area contributed by atoms with Gasteiger partial charge < -0.3 is 11.1 Å². The lowest BCUT2D eigenvalue weighted by Crippen LogP contribution is -2.35. The summed E-state index contributed by atoms with van der Waals surface area (Å²) < 4.78 is 0. The lowest BCUT2D eigenvalue weighted by molar-refractivity contribution is -0.385. The lowest BCUT2D eigenvalue weighted by Gasteiger charge is -2.30. The van der Waals surface area contributed by atoms with Crippen LogP contribution in [0.1, 0.15) is 44.2 Å². The van der Waals surface area contributed by atoms with Crippen molar-refractivity contribution < 1.29 is 9.72 Å². The molecule has 1 aromatic rings. The maximum atomic E-state index is 11.3. The number of anilines is 1. The van der Waals surface area contributed by atoms with Gasteiger partial charge in [0.2, 0.25) is 5.91 Å². The Morgan fingerprint density at radius 3 is 2.68 bits per heavy atom. The van der Waals surface area contributed by atoms with Gasteiger partial charge in [0.1, 0.15) is 11.5 Å². The molecule has 0 radical (unpaired) electrons. The SMILES string of the molecule is Cc1nc(NC(CC(N)=O)C2CCCCC2)ccc1[N+](=O)[O-]. The Hall–Kier alpha value is -2.18. The second kappa shape index (κ2) is 7.20. The van der Waals surface area contributed by atoms with Crippen LogP contribution in [0.25, 0.3) is 0 Å². The molecule has 1 fully saturated rings. The molecule has 1 aliphatic carbocycles. The van der Waals surface area contributed by atoms with Crippen LogP contribution in [0.15, 0.2) is 12.1 Å². The van der Waals surface area contributed by atoms with E-state index in [1.54, 1.807) is 13.0 Å². The molecule has 1 unspecified atom stereocenters. The van der Waals surface area contributed by atoms with Gasteiger partial charge in [-0.25, -0.2) is 4.98 Å². The quantitative estimate of drug-likeness (QED) is 0.619. The smallest absolute Gasteiger partial charge is 0.290 e. The van der Waals surface area contributed by atoms with Gasteiger partial charge in [0.25, 0.3) is 5.69 Å². The highest BCUT2D eigenvalue weighted by Gasteiger charge is 2.25. The molecule has 120 valence electrons. The number of pyridine rings is 1. The fourth-order valence-corrected chi connectivity index (χ4v) is 3.11. The summed E-state index contributed by atoms with van der Waals surface area (Å²) in [6.07, 6.45) is 5.94. The van der Waals surface area contributed by atoms with Crippen LogP contribution >= 0.6 is 0 Å². The van der Waals surface area contributed by atoms with Crippen LogP contribution in [0.4, 0.5) is 11.5 Å². The molecule has 0 bridgehead atoms. The van der Waals surface area contributed by atoms with E-state index in [1.165, 1.54) is 12.5 Å². The molecular formula is C15H22N4O3. The zero-order chi connectivity index (χ0) is 16.1. The third-order valence-electron chi connectivity index (χ3n) is 4.23. The average Bonchev–Trinajstić information content (AvgIpc) is 2.46. The molecule has 1 amide bonds. The molecule has 0 saturated heterocycles. The van der Waals surface area contributed by atoms with E-state index >= 15 is 0 Å². The summed E-state index contributed by atoms with van der Waals surface area (Å²) in [4.78, 5) is 25.9. The minimum absolute atomic E-state index is 0.00494. The minimum atomic E-state index is -0.450. The molecule has 22 heavy (non-hydrogen) atoms. The van der Waals surface area contributed by atoms with Crippen molar-refractivity contribution in [2.45, 2.75) is 51.5 Å². The van der Waals surface area contributed by atoms with Crippen molar-refractivity contribution in [2.24, 2.45) is 11.7 Å². The van der Waals surface area contributed by atoms with Gasteiger partial charge in [0.05, 0.1) is 4.92 Å². The number of carbonyl (C=O) groups excluding carboxylic acids is 1. The van der Waals surface area contributed by atoms with E-state index in [4.69, 9.17) is 5.73 Å². The molecule has 1 saturated carbocycles. The Bertz CT molecular complexity index is 556. The molecule has 7 nitrogen and oxygen atoms in total. The summed E-state index contributed by atoms with van der Waals surface area (Å²) in [6.45, 7) is 1.60. The topological polar surface area (TPSA) is 111 Å². The second-order valence-electron chi connectivity index (χ2n) is 5.88. The van der Waals surface area contributed by atoms with Crippen LogP contribution in [0.3, 0.4) is 0 Å². The number of hydrogen-bond donors (Lipinski definition) is 2. The summed E-state index contributed by atoms with van der Waals surface area (Å²) in [6, 6.07) is 2.96. The molecule has 1 aromatic heterocycles. The zero-order valence-electron chi connectivity index (χ0n) is 12.7. The Morgan fingerprint density at radius 2 is 2.14 bits per heavy atom. The normalized spacial score (nSPS) is 17.0. The zero-order valence-corrected chi connectivity index (χ0v) is 12.7. The van der Waals surface area contributed by atoms with Gasteiger partial charge in [-0.15, -0.1) is 0 Å². The number of carbonyl (C=O) groups is 1. The van der Waals surface area contributed by atoms with Gasteiger partial charge >= 0.3 is 0 Å². The first-order valence-corrected chi connectivity index (χ1v) is 7.64. The molecule has 1 heterocycles. The summed E-state index contributed by atoms with van der Waals surface area (Å²) in [5.41, 5.74) is 5.71. The molecule has 0 aromatic carbocycles. The minimum Gasteiger partial charge on any atom is -0.370 e. The Morgan fingerprint density at radius 1 is 1.45 bits per heavy atom. The van der Waals surface area contributed by atoms with Crippen LogP contribution in [0.2, 0.25) is 0 Å². The van der Waals surface area contributed by atoms with Crippen molar-refractivity contribution in [1.82, 2.24) is 4.98 Å². The van der Waals surface area contributed by atoms with Crippen molar-refractivity contribution in [1.29, 1.82) is 0 Å². The molecule has 1 atom stereocenters. The highest BCUT2D eigenvalue weighted by atomic mass is 16.6. The largest absolute Gasteiger partial charge is 0.370 e. The van der Waals surface area contributed by atoms with Crippen molar-refractivity contribution in [3.63, 3.8) is 0 Å². The van der Waals surface area contributed by atoms with Gasteiger partial charge in [-0.05, 0) is 31.7 Å². The van der Waals surface area contributed by atoms with Crippen molar-refractivity contribution in [3.05, 3.63) is 27.9 Å². The van der Waals surface area contributed by atoms with Gasteiger partial charge in [-0.2, -0.15) is 0 Å².